The van der Waals surface area contributed by atoms with Crippen LogP contribution in [0.5, 0.6) is 0 Å². The van der Waals surface area contributed by atoms with E-state index in [2.05, 4.69) is 54.4 Å². The van der Waals surface area contributed by atoms with Crippen LogP contribution in [0.25, 0.3) is 0 Å². The van der Waals surface area contributed by atoms with Crippen molar-refractivity contribution in [1.82, 2.24) is 20.4 Å². The van der Waals surface area contributed by atoms with Gasteiger partial charge in [-0.3, -0.25) is 0 Å². The van der Waals surface area contributed by atoms with E-state index in [9.17, 15) is 4.79 Å². The lowest BCUT2D eigenvalue weighted by atomic mass is 9.98. The second kappa shape index (κ2) is 6.74. The summed E-state index contributed by atoms with van der Waals surface area (Å²) < 4.78 is 5.45. The summed E-state index contributed by atoms with van der Waals surface area (Å²) in [5.74, 6) is 1.91. The first-order valence-corrected chi connectivity index (χ1v) is 9.48. The van der Waals surface area contributed by atoms with E-state index in [1.54, 1.807) is 0 Å². The number of aromatic nitrogens is 2. The highest BCUT2D eigenvalue weighted by molar-refractivity contribution is 5.75. The summed E-state index contributed by atoms with van der Waals surface area (Å²) in [5, 5.41) is 7.20. The molecule has 1 saturated carbocycles. The molecule has 0 bridgehead atoms. The van der Waals surface area contributed by atoms with Crippen LogP contribution in [-0.2, 0) is 13.0 Å². The molecule has 2 aliphatic rings. The van der Waals surface area contributed by atoms with Crippen LogP contribution in [0, 0.1) is 12.8 Å². The standard InChI is InChI=1S/C20H26N4O2/c1-12(2)17(19-22-18(23-26-19)14-6-7-14)21-20(25)24-9-8-15-10-13(3)4-5-16(15)11-24/h4-5,10,12,14,17H,6-9,11H2,1-3H3,(H,21,25). The topological polar surface area (TPSA) is 71.3 Å². The fourth-order valence-electron chi connectivity index (χ4n) is 3.47. The number of amides is 2. The average molecular weight is 354 g/mol. The van der Waals surface area contributed by atoms with Crippen LogP contribution in [0.3, 0.4) is 0 Å². The number of fused-ring (bicyclic) bond motifs is 1. The lowest BCUT2D eigenvalue weighted by molar-refractivity contribution is 0.179. The van der Waals surface area contributed by atoms with Gasteiger partial charge in [-0.05, 0) is 43.2 Å². The van der Waals surface area contributed by atoms with E-state index in [1.165, 1.54) is 16.7 Å². The van der Waals surface area contributed by atoms with E-state index in [-0.39, 0.29) is 18.0 Å². The van der Waals surface area contributed by atoms with Crippen LogP contribution in [0.4, 0.5) is 4.79 Å². The van der Waals surface area contributed by atoms with Crippen LogP contribution >= 0.6 is 0 Å². The average Bonchev–Trinajstić information content (AvgIpc) is 3.36. The minimum Gasteiger partial charge on any atom is -0.337 e. The number of urea groups is 1. The molecule has 1 fully saturated rings. The number of nitrogens with zero attached hydrogens (tertiary/aromatic N) is 3. The van der Waals surface area contributed by atoms with Crippen molar-refractivity contribution in [1.29, 1.82) is 0 Å². The summed E-state index contributed by atoms with van der Waals surface area (Å²) in [6, 6.07) is 6.13. The highest BCUT2D eigenvalue weighted by atomic mass is 16.5. The number of hydrogen-bond donors (Lipinski definition) is 1. The van der Waals surface area contributed by atoms with Crippen molar-refractivity contribution in [3.8, 4) is 0 Å². The first-order chi connectivity index (χ1) is 12.5. The number of hydrogen-bond acceptors (Lipinski definition) is 4. The highest BCUT2D eigenvalue weighted by Gasteiger charge is 2.32. The minimum atomic E-state index is -0.262. The quantitative estimate of drug-likeness (QED) is 0.908. The Morgan fingerprint density at radius 3 is 2.85 bits per heavy atom. The van der Waals surface area contributed by atoms with Crippen LogP contribution in [0.15, 0.2) is 22.7 Å². The molecule has 2 aromatic rings. The Labute approximate surface area is 154 Å². The summed E-state index contributed by atoms with van der Waals surface area (Å²) in [4.78, 5) is 19.2. The fourth-order valence-corrected chi connectivity index (χ4v) is 3.47. The van der Waals surface area contributed by atoms with Crippen LogP contribution in [0.2, 0.25) is 0 Å². The van der Waals surface area contributed by atoms with Gasteiger partial charge in [0, 0.05) is 19.0 Å². The van der Waals surface area contributed by atoms with Gasteiger partial charge in [0.25, 0.3) is 0 Å². The summed E-state index contributed by atoms with van der Waals surface area (Å²) in [5.41, 5.74) is 3.84. The van der Waals surface area contributed by atoms with E-state index in [0.717, 1.165) is 31.6 Å². The molecule has 0 saturated heterocycles. The van der Waals surface area contributed by atoms with E-state index >= 15 is 0 Å². The van der Waals surface area contributed by atoms with Gasteiger partial charge in [0.05, 0.1) is 0 Å². The minimum absolute atomic E-state index is 0.0684. The smallest absolute Gasteiger partial charge is 0.318 e. The van der Waals surface area contributed by atoms with Gasteiger partial charge in [-0.25, -0.2) is 4.79 Å². The largest absolute Gasteiger partial charge is 0.337 e. The molecule has 1 N–H and O–H groups in total. The first kappa shape index (κ1) is 17.1. The van der Waals surface area contributed by atoms with E-state index in [1.807, 2.05) is 4.90 Å². The molecule has 0 radical (unpaired) electrons. The van der Waals surface area contributed by atoms with Gasteiger partial charge in [-0.15, -0.1) is 0 Å². The van der Waals surface area contributed by atoms with Gasteiger partial charge in [-0.2, -0.15) is 4.98 Å². The molecule has 2 heterocycles. The Bertz CT molecular complexity index is 810. The van der Waals surface area contributed by atoms with Crippen molar-refractivity contribution in [2.75, 3.05) is 6.54 Å². The summed E-state index contributed by atoms with van der Waals surface area (Å²) in [7, 11) is 0. The van der Waals surface area contributed by atoms with Crippen LogP contribution in [-0.4, -0.2) is 27.6 Å². The molecule has 1 aromatic carbocycles. The molecular formula is C20H26N4O2. The van der Waals surface area contributed by atoms with Gasteiger partial charge < -0.3 is 14.7 Å². The molecule has 4 rings (SSSR count). The van der Waals surface area contributed by atoms with Crippen LogP contribution in [0.1, 0.15) is 67.1 Å². The molecule has 1 unspecified atom stereocenters. The zero-order chi connectivity index (χ0) is 18.3. The molecule has 1 atom stereocenters. The third kappa shape index (κ3) is 3.45. The maximum absolute atomic E-state index is 12.8. The second-order valence-electron chi connectivity index (χ2n) is 7.88. The predicted molar refractivity (Wildman–Crippen MR) is 97.7 cm³/mol. The molecule has 26 heavy (non-hydrogen) atoms. The van der Waals surface area contributed by atoms with Crippen molar-refractivity contribution in [2.24, 2.45) is 5.92 Å². The number of rotatable bonds is 4. The Kier molecular flexibility index (Phi) is 4.42. The summed E-state index contributed by atoms with van der Waals surface area (Å²) >= 11 is 0. The first-order valence-electron chi connectivity index (χ1n) is 9.48. The van der Waals surface area contributed by atoms with Crippen molar-refractivity contribution >= 4 is 6.03 Å². The van der Waals surface area contributed by atoms with E-state index in [0.29, 0.717) is 18.4 Å². The number of nitrogens with one attached hydrogen (secondary N) is 1. The third-order valence-electron chi connectivity index (χ3n) is 5.27. The van der Waals surface area contributed by atoms with E-state index in [4.69, 9.17) is 4.52 Å². The number of carbonyl (C=O) groups excluding carboxylic acids is 1. The van der Waals surface area contributed by atoms with Crippen LogP contribution < -0.4 is 5.32 Å². The van der Waals surface area contributed by atoms with E-state index < -0.39 is 0 Å². The van der Waals surface area contributed by atoms with Gasteiger partial charge in [0.2, 0.25) is 5.89 Å². The van der Waals surface area contributed by atoms with Crippen molar-refractivity contribution < 1.29 is 9.32 Å². The normalized spacial score (nSPS) is 17.9. The zero-order valence-corrected chi connectivity index (χ0v) is 15.7. The molecule has 6 heteroatoms. The third-order valence-corrected chi connectivity index (χ3v) is 5.27. The van der Waals surface area contributed by atoms with Gasteiger partial charge in [0.1, 0.15) is 6.04 Å². The maximum atomic E-state index is 12.8. The number of carbonyl (C=O) groups is 1. The molecule has 2 amide bonds. The van der Waals surface area contributed by atoms with Gasteiger partial charge in [0.15, 0.2) is 5.82 Å². The predicted octanol–water partition coefficient (Wildman–Crippen LogP) is 3.72. The summed E-state index contributed by atoms with van der Waals surface area (Å²) in [6.07, 6.45) is 3.15. The maximum Gasteiger partial charge on any atom is 0.318 e. The molecule has 138 valence electrons. The van der Waals surface area contributed by atoms with Gasteiger partial charge in [-0.1, -0.05) is 42.8 Å². The molecule has 6 nitrogen and oxygen atoms in total. The Balaban J connectivity index is 1.45. The zero-order valence-electron chi connectivity index (χ0n) is 15.7. The summed E-state index contributed by atoms with van der Waals surface area (Å²) in [6.45, 7) is 7.58. The second-order valence-corrected chi connectivity index (χ2v) is 7.88. The molecule has 1 aliphatic carbocycles. The Hall–Kier alpha value is -2.37. The molecule has 0 spiro atoms. The Morgan fingerprint density at radius 1 is 1.31 bits per heavy atom. The Morgan fingerprint density at radius 2 is 2.12 bits per heavy atom. The van der Waals surface area contributed by atoms with Crippen molar-refractivity contribution in [2.45, 2.75) is 58.5 Å². The van der Waals surface area contributed by atoms with Gasteiger partial charge >= 0.3 is 6.03 Å². The molecule has 1 aromatic heterocycles. The lowest BCUT2D eigenvalue weighted by Gasteiger charge is -2.31. The molecular weight excluding hydrogens is 328 g/mol. The van der Waals surface area contributed by atoms with Crippen molar-refractivity contribution in [3.05, 3.63) is 46.6 Å². The SMILES string of the molecule is Cc1ccc2c(c1)CCN(C(=O)NC(c1nc(C3CC3)no1)C(C)C)C2. The number of aryl methyl sites for hydroxylation is 1. The lowest BCUT2D eigenvalue weighted by Crippen LogP contribution is -2.45. The molecule has 1 aliphatic heterocycles. The monoisotopic (exact) mass is 354 g/mol. The van der Waals surface area contributed by atoms with Crippen molar-refractivity contribution in [3.63, 3.8) is 0 Å². The number of benzene rings is 1. The highest BCUT2D eigenvalue weighted by Crippen LogP contribution is 2.38. The fraction of sp³-hybridized carbons (Fsp3) is 0.550.